The molecule has 1 amide bonds. The van der Waals surface area contributed by atoms with Crippen LogP contribution in [0.3, 0.4) is 0 Å². The second kappa shape index (κ2) is 7.51. The van der Waals surface area contributed by atoms with Crippen molar-refractivity contribution in [2.75, 3.05) is 0 Å². The van der Waals surface area contributed by atoms with Gasteiger partial charge < -0.3 is 9.84 Å². The molecule has 0 saturated carbocycles. The molecule has 0 saturated heterocycles. The van der Waals surface area contributed by atoms with Gasteiger partial charge in [-0.25, -0.2) is 4.68 Å². The number of rotatable bonds is 6. The molecule has 3 aromatic rings. The minimum absolute atomic E-state index is 0.00229. The first-order valence-electron chi connectivity index (χ1n) is 8.62. The van der Waals surface area contributed by atoms with Gasteiger partial charge in [0.2, 0.25) is 5.91 Å². The second-order valence-corrected chi connectivity index (χ2v) is 6.50. The summed E-state index contributed by atoms with van der Waals surface area (Å²) in [6, 6.07) is 10.1. The lowest BCUT2D eigenvalue weighted by Gasteiger charge is -2.14. The van der Waals surface area contributed by atoms with E-state index in [1.165, 1.54) is 5.56 Å². The number of fused-ring (bicyclic) bond motifs is 1. The smallest absolute Gasteiger partial charge is 0.297 e. The van der Waals surface area contributed by atoms with Crippen molar-refractivity contribution in [3.8, 4) is 0 Å². The van der Waals surface area contributed by atoms with Crippen molar-refractivity contribution in [2.45, 2.75) is 46.2 Å². The monoisotopic (exact) mass is 354 g/mol. The van der Waals surface area contributed by atoms with Crippen LogP contribution in [0.2, 0.25) is 0 Å². The van der Waals surface area contributed by atoms with E-state index in [0.717, 1.165) is 17.5 Å². The van der Waals surface area contributed by atoms with Gasteiger partial charge in [0, 0.05) is 6.04 Å². The van der Waals surface area contributed by atoms with E-state index in [1.807, 2.05) is 25.1 Å². The number of nitrogens with one attached hydrogen (secondary N) is 1. The van der Waals surface area contributed by atoms with E-state index in [9.17, 15) is 9.59 Å². The highest BCUT2D eigenvalue weighted by Gasteiger charge is 2.17. The van der Waals surface area contributed by atoms with Gasteiger partial charge in [-0.3, -0.25) is 9.59 Å². The number of carbonyl (C=O) groups excluding carboxylic acids is 1. The fourth-order valence-electron chi connectivity index (χ4n) is 3.01. The first-order valence-corrected chi connectivity index (χ1v) is 8.62. The third kappa shape index (κ3) is 3.82. The highest BCUT2D eigenvalue weighted by molar-refractivity contribution is 5.82. The van der Waals surface area contributed by atoms with Gasteiger partial charge in [-0.15, -0.1) is 0 Å². The van der Waals surface area contributed by atoms with Crippen LogP contribution < -0.4 is 10.9 Å². The van der Waals surface area contributed by atoms with E-state index in [2.05, 4.69) is 27.7 Å². The molecule has 1 N–H and O–H groups in total. The Morgan fingerprint density at radius 1 is 1.27 bits per heavy atom. The SMILES string of the molecule is Cc1nn(CC(=O)N[C@@H](C)CCc2ccccc2)c(=O)c2noc(C)c12. The first kappa shape index (κ1) is 17.8. The molecule has 136 valence electrons. The Balaban J connectivity index is 1.64. The zero-order chi connectivity index (χ0) is 18.7. The number of aromatic nitrogens is 3. The average molecular weight is 354 g/mol. The Bertz CT molecular complexity index is 976. The molecule has 0 aliphatic heterocycles. The lowest BCUT2D eigenvalue weighted by Crippen LogP contribution is -2.38. The van der Waals surface area contributed by atoms with E-state index in [0.29, 0.717) is 16.8 Å². The van der Waals surface area contributed by atoms with Gasteiger partial charge in [0.15, 0.2) is 5.52 Å². The Morgan fingerprint density at radius 2 is 2.00 bits per heavy atom. The zero-order valence-corrected chi connectivity index (χ0v) is 15.2. The van der Waals surface area contributed by atoms with E-state index < -0.39 is 5.56 Å². The summed E-state index contributed by atoms with van der Waals surface area (Å²) in [5.41, 5.74) is 1.63. The zero-order valence-electron chi connectivity index (χ0n) is 15.2. The molecule has 0 aliphatic rings. The van der Waals surface area contributed by atoms with Crippen LogP contribution >= 0.6 is 0 Å². The Kier molecular flexibility index (Phi) is 5.16. The molecule has 1 atom stereocenters. The van der Waals surface area contributed by atoms with Crippen LogP contribution in [0.15, 0.2) is 39.6 Å². The van der Waals surface area contributed by atoms with E-state index in [4.69, 9.17) is 4.52 Å². The predicted octanol–water partition coefficient (Wildman–Crippen LogP) is 2.14. The molecule has 7 heteroatoms. The number of hydrogen-bond acceptors (Lipinski definition) is 5. The van der Waals surface area contributed by atoms with Gasteiger partial charge in [0.05, 0.1) is 11.1 Å². The van der Waals surface area contributed by atoms with Crippen molar-refractivity contribution in [3.63, 3.8) is 0 Å². The van der Waals surface area contributed by atoms with E-state index in [-0.39, 0.29) is 24.0 Å². The lowest BCUT2D eigenvalue weighted by molar-refractivity contribution is -0.122. The molecule has 7 nitrogen and oxygen atoms in total. The molecule has 0 radical (unpaired) electrons. The van der Waals surface area contributed by atoms with Crippen molar-refractivity contribution in [3.05, 3.63) is 57.7 Å². The number of nitrogens with zero attached hydrogens (tertiary/aromatic N) is 3. The van der Waals surface area contributed by atoms with Crippen LogP contribution in [0.25, 0.3) is 10.9 Å². The van der Waals surface area contributed by atoms with Crippen LogP contribution in [0.4, 0.5) is 0 Å². The highest BCUT2D eigenvalue weighted by Crippen LogP contribution is 2.16. The van der Waals surface area contributed by atoms with Gasteiger partial charge in [-0.05, 0) is 39.2 Å². The molecular weight excluding hydrogens is 332 g/mol. The summed E-state index contributed by atoms with van der Waals surface area (Å²) in [7, 11) is 0. The van der Waals surface area contributed by atoms with Crippen LogP contribution in [0.1, 0.15) is 30.4 Å². The molecule has 0 fully saturated rings. The van der Waals surface area contributed by atoms with Gasteiger partial charge in [-0.1, -0.05) is 35.5 Å². The second-order valence-electron chi connectivity index (χ2n) is 6.50. The summed E-state index contributed by atoms with van der Waals surface area (Å²) in [4.78, 5) is 24.7. The number of hydrogen-bond donors (Lipinski definition) is 1. The fourth-order valence-corrected chi connectivity index (χ4v) is 3.01. The third-order valence-corrected chi connectivity index (χ3v) is 4.34. The maximum atomic E-state index is 12.4. The first-order chi connectivity index (χ1) is 12.5. The molecule has 0 aliphatic carbocycles. The molecular formula is C19H22N4O3. The molecule has 0 bridgehead atoms. The molecule has 0 spiro atoms. The molecule has 3 rings (SSSR count). The van der Waals surface area contributed by atoms with Crippen molar-refractivity contribution in [2.24, 2.45) is 0 Å². The number of benzene rings is 1. The highest BCUT2D eigenvalue weighted by atomic mass is 16.5. The molecule has 2 heterocycles. The topological polar surface area (TPSA) is 90.0 Å². The third-order valence-electron chi connectivity index (χ3n) is 4.34. The standard InChI is InChI=1S/C19H22N4O3/c1-12(9-10-15-7-5-4-6-8-15)20-16(24)11-23-19(25)18-17(13(2)21-23)14(3)26-22-18/h4-8,12H,9-11H2,1-3H3,(H,20,24)/t12-/m0/s1. The molecule has 2 aromatic heterocycles. The van der Waals surface area contributed by atoms with Gasteiger partial charge >= 0.3 is 0 Å². The van der Waals surface area contributed by atoms with Gasteiger partial charge in [0.1, 0.15) is 12.3 Å². The molecule has 0 unspecified atom stereocenters. The minimum atomic E-state index is -0.422. The Hall–Kier alpha value is -2.96. The minimum Gasteiger partial charge on any atom is -0.360 e. The summed E-state index contributed by atoms with van der Waals surface area (Å²) in [6.45, 7) is 5.31. The Labute approximate surface area is 151 Å². The van der Waals surface area contributed by atoms with Crippen molar-refractivity contribution in [1.29, 1.82) is 0 Å². The van der Waals surface area contributed by atoms with Crippen LogP contribution in [0.5, 0.6) is 0 Å². The van der Waals surface area contributed by atoms with Crippen LogP contribution in [0, 0.1) is 13.8 Å². The average Bonchev–Trinajstić information content (AvgIpc) is 3.01. The quantitative estimate of drug-likeness (QED) is 0.732. The van der Waals surface area contributed by atoms with Crippen molar-refractivity contribution < 1.29 is 9.32 Å². The normalized spacial score (nSPS) is 12.3. The fraction of sp³-hybridized carbons (Fsp3) is 0.368. The largest absolute Gasteiger partial charge is 0.360 e. The summed E-state index contributed by atoms with van der Waals surface area (Å²) in [5, 5.41) is 11.5. The van der Waals surface area contributed by atoms with Gasteiger partial charge in [0.25, 0.3) is 5.56 Å². The van der Waals surface area contributed by atoms with E-state index in [1.54, 1.807) is 13.8 Å². The number of aryl methyl sites for hydroxylation is 3. The van der Waals surface area contributed by atoms with Gasteiger partial charge in [-0.2, -0.15) is 5.10 Å². The number of amides is 1. The lowest BCUT2D eigenvalue weighted by atomic mass is 10.1. The van der Waals surface area contributed by atoms with Crippen LogP contribution in [-0.2, 0) is 17.8 Å². The summed E-state index contributed by atoms with van der Waals surface area (Å²) >= 11 is 0. The Morgan fingerprint density at radius 3 is 2.73 bits per heavy atom. The van der Waals surface area contributed by atoms with Crippen molar-refractivity contribution in [1.82, 2.24) is 20.3 Å². The summed E-state index contributed by atoms with van der Waals surface area (Å²) < 4.78 is 6.21. The van der Waals surface area contributed by atoms with Crippen LogP contribution in [-0.4, -0.2) is 26.9 Å². The number of carbonyl (C=O) groups is 1. The molecule has 26 heavy (non-hydrogen) atoms. The maximum absolute atomic E-state index is 12.4. The van der Waals surface area contributed by atoms with Crippen molar-refractivity contribution >= 4 is 16.8 Å². The summed E-state index contributed by atoms with van der Waals surface area (Å²) in [5.74, 6) is 0.298. The predicted molar refractivity (Wildman–Crippen MR) is 97.9 cm³/mol. The molecule has 1 aromatic carbocycles. The van der Waals surface area contributed by atoms with E-state index >= 15 is 0 Å². The maximum Gasteiger partial charge on any atom is 0.297 e. The summed E-state index contributed by atoms with van der Waals surface area (Å²) in [6.07, 6.45) is 1.70.